The predicted molar refractivity (Wildman–Crippen MR) is 103 cm³/mol. The van der Waals surface area contributed by atoms with E-state index in [1.54, 1.807) is 0 Å². The van der Waals surface area contributed by atoms with E-state index in [2.05, 4.69) is 29.2 Å². The van der Waals surface area contributed by atoms with E-state index in [1.807, 2.05) is 30.3 Å². The van der Waals surface area contributed by atoms with Crippen LogP contribution in [0.25, 0.3) is 0 Å². The number of hydrogen-bond donors (Lipinski definition) is 1. The first-order valence-corrected chi connectivity index (χ1v) is 8.93. The van der Waals surface area contributed by atoms with Crippen LogP contribution in [0, 0.1) is 0 Å². The zero-order valence-electron chi connectivity index (χ0n) is 14.3. The SMILES string of the molecule is Cl.NC(CC(=O)N(C1CC1)C1CCc2ccccc21)c1ccccc1. The smallest absolute Gasteiger partial charge is 0.225 e. The third-order valence-electron chi connectivity index (χ3n) is 5.29. The summed E-state index contributed by atoms with van der Waals surface area (Å²) in [6.07, 6.45) is 4.76. The van der Waals surface area contributed by atoms with E-state index >= 15 is 0 Å². The van der Waals surface area contributed by atoms with Gasteiger partial charge >= 0.3 is 0 Å². The molecule has 4 rings (SSSR count). The van der Waals surface area contributed by atoms with Gasteiger partial charge in [-0.2, -0.15) is 0 Å². The highest BCUT2D eigenvalue weighted by Crippen LogP contribution is 2.42. The number of amides is 1. The first-order valence-electron chi connectivity index (χ1n) is 8.93. The molecule has 4 heteroatoms. The Morgan fingerprint density at radius 2 is 1.72 bits per heavy atom. The number of rotatable bonds is 5. The van der Waals surface area contributed by atoms with E-state index in [4.69, 9.17) is 5.73 Å². The van der Waals surface area contributed by atoms with Gasteiger partial charge in [-0.05, 0) is 42.4 Å². The highest BCUT2D eigenvalue weighted by atomic mass is 35.5. The van der Waals surface area contributed by atoms with Crippen molar-refractivity contribution >= 4 is 18.3 Å². The Morgan fingerprint density at radius 1 is 1.04 bits per heavy atom. The lowest BCUT2D eigenvalue weighted by atomic mass is 10.0. The Balaban J connectivity index is 0.00000182. The minimum Gasteiger partial charge on any atom is -0.333 e. The molecule has 0 saturated heterocycles. The molecule has 0 bridgehead atoms. The number of hydrogen-bond acceptors (Lipinski definition) is 2. The Kier molecular flexibility index (Phi) is 5.45. The Hall–Kier alpha value is -1.84. The second-order valence-corrected chi connectivity index (χ2v) is 7.01. The van der Waals surface area contributed by atoms with Gasteiger partial charge in [0.15, 0.2) is 0 Å². The molecule has 0 aromatic heterocycles. The van der Waals surface area contributed by atoms with Gasteiger partial charge in [0, 0.05) is 18.5 Å². The molecule has 2 aliphatic rings. The van der Waals surface area contributed by atoms with Gasteiger partial charge in [0.1, 0.15) is 0 Å². The number of nitrogens with zero attached hydrogens (tertiary/aromatic N) is 1. The van der Waals surface area contributed by atoms with Crippen LogP contribution in [0.15, 0.2) is 54.6 Å². The molecule has 2 unspecified atom stereocenters. The summed E-state index contributed by atoms with van der Waals surface area (Å²) in [7, 11) is 0. The molecule has 0 spiro atoms. The Bertz CT molecular complexity index is 730. The predicted octanol–water partition coefficient (Wildman–Crippen LogP) is 4.18. The lowest BCUT2D eigenvalue weighted by molar-refractivity contribution is -0.134. The van der Waals surface area contributed by atoms with Crippen LogP contribution in [-0.2, 0) is 11.2 Å². The van der Waals surface area contributed by atoms with Gasteiger partial charge in [0.05, 0.1) is 6.04 Å². The topological polar surface area (TPSA) is 46.3 Å². The van der Waals surface area contributed by atoms with E-state index in [0.717, 1.165) is 31.2 Å². The molecule has 25 heavy (non-hydrogen) atoms. The van der Waals surface area contributed by atoms with Crippen molar-refractivity contribution in [3.63, 3.8) is 0 Å². The van der Waals surface area contributed by atoms with E-state index in [0.29, 0.717) is 12.5 Å². The normalized spacial score (nSPS) is 19.6. The second kappa shape index (κ2) is 7.59. The first kappa shape index (κ1) is 18.0. The highest BCUT2D eigenvalue weighted by Gasteiger charge is 2.40. The van der Waals surface area contributed by atoms with Crippen molar-refractivity contribution in [3.05, 3.63) is 71.3 Å². The summed E-state index contributed by atoms with van der Waals surface area (Å²) < 4.78 is 0. The summed E-state index contributed by atoms with van der Waals surface area (Å²) >= 11 is 0. The van der Waals surface area contributed by atoms with Crippen molar-refractivity contribution in [2.75, 3.05) is 0 Å². The largest absolute Gasteiger partial charge is 0.333 e. The molecule has 1 amide bonds. The van der Waals surface area contributed by atoms with E-state index in [9.17, 15) is 4.79 Å². The van der Waals surface area contributed by atoms with Crippen LogP contribution in [0.5, 0.6) is 0 Å². The maximum Gasteiger partial charge on any atom is 0.225 e. The summed E-state index contributed by atoms with van der Waals surface area (Å²) in [6, 6.07) is 18.9. The maximum atomic E-state index is 13.1. The first-order chi connectivity index (χ1) is 11.7. The van der Waals surface area contributed by atoms with Crippen LogP contribution in [0.1, 0.15) is 54.5 Å². The van der Waals surface area contributed by atoms with Crippen LogP contribution in [0.2, 0.25) is 0 Å². The molecule has 2 aromatic rings. The molecular weight excluding hydrogens is 332 g/mol. The average Bonchev–Trinajstić information content (AvgIpc) is 3.36. The van der Waals surface area contributed by atoms with Crippen molar-refractivity contribution < 1.29 is 4.79 Å². The molecule has 0 heterocycles. The maximum absolute atomic E-state index is 13.1. The summed E-state index contributed by atoms with van der Waals surface area (Å²) in [5, 5.41) is 0. The third-order valence-corrected chi connectivity index (χ3v) is 5.29. The van der Waals surface area contributed by atoms with Crippen molar-refractivity contribution in [2.24, 2.45) is 5.73 Å². The Labute approximate surface area is 155 Å². The van der Waals surface area contributed by atoms with Gasteiger partial charge in [-0.15, -0.1) is 12.4 Å². The lowest BCUT2D eigenvalue weighted by Crippen LogP contribution is -2.37. The highest BCUT2D eigenvalue weighted by molar-refractivity contribution is 5.85. The molecule has 2 atom stereocenters. The third kappa shape index (κ3) is 3.73. The second-order valence-electron chi connectivity index (χ2n) is 7.01. The number of fused-ring (bicyclic) bond motifs is 1. The van der Waals surface area contributed by atoms with Crippen LogP contribution in [0.4, 0.5) is 0 Å². The zero-order valence-corrected chi connectivity index (χ0v) is 15.1. The van der Waals surface area contributed by atoms with Gasteiger partial charge < -0.3 is 10.6 Å². The molecule has 132 valence electrons. The minimum atomic E-state index is -0.225. The van der Waals surface area contributed by atoms with Crippen molar-refractivity contribution in [1.82, 2.24) is 4.90 Å². The summed E-state index contributed by atoms with van der Waals surface area (Å²) in [6.45, 7) is 0. The monoisotopic (exact) mass is 356 g/mol. The Morgan fingerprint density at radius 3 is 2.44 bits per heavy atom. The molecule has 0 aliphatic heterocycles. The number of carbonyl (C=O) groups is 1. The number of carbonyl (C=O) groups excluding carboxylic acids is 1. The zero-order chi connectivity index (χ0) is 16.5. The number of aryl methyl sites for hydroxylation is 1. The number of benzene rings is 2. The van der Waals surface area contributed by atoms with Crippen molar-refractivity contribution in [2.45, 2.75) is 50.2 Å². The average molecular weight is 357 g/mol. The molecule has 2 N–H and O–H groups in total. The van der Waals surface area contributed by atoms with Gasteiger partial charge in [-0.25, -0.2) is 0 Å². The van der Waals surface area contributed by atoms with E-state index in [1.165, 1.54) is 11.1 Å². The number of halogens is 1. The standard InChI is InChI=1S/C21H24N2O.ClH/c22-19(16-7-2-1-3-8-16)14-21(24)23(17-11-12-17)20-13-10-15-6-4-5-9-18(15)20;/h1-9,17,19-20H,10-14,22H2;1H. The quantitative estimate of drug-likeness (QED) is 0.873. The molecule has 0 radical (unpaired) electrons. The summed E-state index contributed by atoms with van der Waals surface area (Å²) in [4.78, 5) is 15.2. The van der Waals surface area contributed by atoms with Gasteiger partial charge in [-0.1, -0.05) is 54.6 Å². The molecule has 2 aromatic carbocycles. The molecule has 3 nitrogen and oxygen atoms in total. The summed E-state index contributed by atoms with van der Waals surface area (Å²) in [5.74, 6) is 0.204. The van der Waals surface area contributed by atoms with Crippen LogP contribution < -0.4 is 5.73 Å². The fourth-order valence-corrected chi connectivity index (χ4v) is 3.92. The van der Waals surface area contributed by atoms with Gasteiger partial charge in [-0.3, -0.25) is 4.79 Å². The minimum absolute atomic E-state index is 0. The fraction of sp³-hybridized carbons (Fsp3) is 0.381. The lowest BCUT2D eigenvalue weighted by Gasteiger charge is -2.31. The van der Waals surface area contributed by atoms with Crippen LogP contribution in [0.3, 0.4) is 0 Å². The molecule has 1 saturated carbocycles. The summed E-state index contributed by atoms with van der Waals surface area (Å²) in [5.41, 5.74) is 10.1. The molecular formula is C21H25ClN2O. The fourth-order valence-electron chi connectivity index (χ4n) is 3.92. The molecule has 2 aliphatic carbocycles. The van der Waals surface area contributed by atoms with Crippen molar-refractivity contribution in [1.29, 1.82) is 0 Å². The van der Waals surface area contributed by atoms with Gasteiger partial charge in [0.2, 0.25) is 5.91 Å². The van der Waals surface area contributed by atoms with Crippen LogP contribution >= 0.6 is 12.4 Å². The van der Waals surface area contributed by atoms with E-state index in [-0.39, 0.29) is 30.4 Å². The van der Waals surface area contributed by atoms with E-state index < -0.39 is 0 Å². The van der Waals surface area contributed by atoms with Gasteiger partial charge in [0.25, 0.3) is 0 Å². The number of nitrogens with two attached hydrogens (primary N) is 1. The van der Waals surface area contributed by atoms with Crippen LogP contribution in [-0.4, -0.2) is 16.8 Å². The molecule has 1 fully saturated rings. The van der Waals surface area contributed by atoms with Crippen molar-refractivity contribution in [3.8, 4) is 0 Å².